The molecule has 1 aliphatic carbocycles. The van der Waals surface area contributed by atoms with E-state index in [9.17, 15) is 14.5 Å². The number of halogens is 2. The van der Waals surface area contributed by atoms with Crippen LogP contribution in [0.2, 0.25) is 0 Å². The Bertz CT molecular complexity index is 1640. The molecule has 0 radical (unpaired) electrons. The number of aliphatic hydroxyl groups excluding tert-OH is 1. The van der Waals surface area contributed by atoms with E-state index in [0.29, 0.717) is 12.8 Å². The maximum absolute atomic E-state index is 16.4. The number of rotatable bonds is 12. The molecule has 5 rings (SSSR count). The summed E-state index contributed by atoms with van der Waals surface area (Å²) in [5.74, 6) is -2.62. The lowest BCUT2D eigenvalue weighted by molar-refractivity contribution is -0.202. The summed E-state index contributed by atoms with van der Waals surface area (Å²) in [6.45, 7) is 1.90. The number of carbonyl (C=O) groups excluding carboxylic acids is 1. The lowest BCUT2D eigenvalue weighted by atomic mass is 9.96. The molecule has 0 spiro atoms. The topological polar surface area (TPSA) is 182 Å². The number of nitrogen functional groups attached to an aromatic ring is 1. The molecule has 2 aliphatic rings. The van der Waals surface area contributed by atoms with Gasteiger partial charge in [0.2, 0.25) is 17.5 Å². The first kappa shape index (κ1) is 33.5. The van der Waals surface area contributed by atoms with Gasteiger partial charge in [-0.2, -0.15) is 15.1 Å². The first-order valence-corrected chi connectivity index (χ1v) is 16.3. The van der Waals surface area contributed by atoms with Crippen LogP contribution in [0.5, 0.6) is 11.6 Å². The molecule has 1 saturated heterocycles. The number of alkyl halides is 2. The third-order valence-electron chi connectivity index (χ3n) is 7.58. The average molecular weight is 665 g/mol. The largest absolute Gasteiger partial charge is 0.476 e. The van der Waals surface area contributed by atoms with Crippen LogP contribution in [-0.4, -0.2) is 73.6 Å². The van der Waals surface area contributed by atoms with Crippen molar-refractivity contribution in [3.63, 3.8) is 0 Å². The van der Waals surface area contributed by atoms with Gasteiger partial charge >= 0.3 is 13.7 Å². The number of hydrogen-bond donors (Lipinski definition) is 3. The van der Waals surface area contributed by atoms with Crippen molar-refractivity contribution in [2.45, 2.75) is 82.0 Å². The molecule has 6 atom stereocenters. The van der Waals surface area contributed by atoms with Crippen LogP contribution >= 0.6 is 7.75 Å². The van der Waals surface area contributed by atoms with Crippen molar-refractivity contribution >= 4 is 30.8 Å². The first-order valence-electron chi connectivity index (χ1n) is 14.7. The van der Waals surface area contributed by atoms with Crippen LogP contribution in [0.4, 0.5) is 14.7 Å². The smallest absolute Gasteiger partial charge is 0.459 e. The van der Waals surface area contributed by atoms with Crippen LogP contribution in [0, 0.1) is 12.3 Å². The second kappa shape index (κ2) is 13.5. The van der Waals surface area contributed by atoms with Crippen molar-refractivity contribution in [3.05, 3.63) is 36.7 Å². The minimum absolute atomic E-state index is 0.0245. The Morgan fingerprint density at radius 2 is 2.00 bits per heavy atom. The standard InChI is InChI=1S/C29H35F2N6O8P/c1-4-28(30)25(39)29(31,44-26(28)37-17-33-21-22(37)34-27(32)35-23(21)41-5-2)16-42-46(40,45-20-14-10-7-11-15-20)36-18(3)24(38)43-19-12-8-6-9-13-19/h1,7,10-11,14-15,17-19,25-26,39H,5-6,8-9,12-13,16H2,2-3H3,(H,36,40)(H2,32,34,35)/t18?,25-,26+,28+,29+,46-/m0/s1. The van der Waals surface area contributed by atoms with Crippen molar-refractivity contribution < 1.29 is 46.5 Å². The number of fused-ring (bicyclic) bond motifs is 1. The number of aromatic nitrogens is 4. The predicted octanol–water partition coefficient (Wildman–Crippen LogP) is 3.76. The van der Waals surface area contributed by atoms with E-state index >= 15 is 8.78 Å². The van der Waals surface area contributed by atoms with Gasteiger partial charge in [0.15, 0.2) is 23.5 Å². The molecule has 0 bridgehead atoms. The normalized spacial score (nSPS) is 27.0. The zero-order chi connectivity index (χ0) is 33.1. The summed E-state index contributed by atoms with van der Waals surface area (Å²) in [6.07, 6.45) is 5.76. The number of esters is 1. The lowest BCUT2D eigenvalue weighted by Gasteiger charge is -2.28. The number of nitrogens with zero attached hydrogens (tertiary/aromatic N) is 4. The van der Waals surface area contributed by atoms with Gasteiger partial charge in [0.1, 0.15) is 24.5 Å². The Morgan fingerprint density at radius 1 is 1.28 bits per heavy atom. The predicted molar refractivity (Wildman–Crippen MR) is 160 cm³/mol. The van der Waals surface area contributed by atoms with E-state index in [0.717, 1.165) is 30.2 Å². The number of benzene rings is 1. The first-order chi connectivity index (χ1) is 21.9. The number of aliphatic hydroxyl groups is 1. The van der Waals surface area contributed by atoms with Gasteiger partial charge in [-0.05, 0) is 51.7 Å². The number of terminal acetylenes is 1. The number of ether oxygens (including phenoxy) is 3. The second-order valence-electron chi connectivity index (χ2n) is 10.9. The minimum Gasteiger partial charge on any atom is -0.476 e. The summed E-state index contributed by atoms with van der Waals surface area (Å²) < 4.78 is 75.0. The molecule has 1 aromatic carbocycles. The Kier molecular flexibility index (Phi) is 9.81. The molecule has 3 aromatic rings. The van der Waals surface area contributed by atoms with Crippen molar-refractivity contribution in [2.24, 2.45) is 0 Å². The summed E-state index contributed by atoms with van der Waals surface area (Å²) in [4.78, 5) is 24.9. The monoisotopic (exact) mass is 664 g/mol. The highest BCUT2D eigenvalue weighted by atomic mass is 31.2. The Morgan fingerprint density at radius 3 is 2.67 bits per heavy atom. The van der Waals surface area contributed by atoms with E-state index in [4.69, 9.17) is 35.4 Å². The molecule has 2 aromatic heterocycles. The fourth-order valence-electron chi connectivity index (χ4n) is 5.24. The van der Waals surface area contributed by atoms with Gasteiger partial charge in [0.05, 0.1) is 12.9 Å². The maximum atomic E-state index is 16.4. The molecule has 17 heteroatoms. The molecule has 14 nitrogen and oxygen atoms in total. The van der Waals surface area contributed by atoms with Gasteiger partial charge in [-0.3, -0.25) is 13.9 Å². The number of anilines is 1. The molecule has 1 aliphatic heterocycles. The highest BCUT2D eigenvalue weighted by Gasteiger charge is 2.67. The van der Waals surface area contributed by atoms with Crippen LogP contribution in [0.15, 0.2) is 36.7 Å². The van der Waals surface area contributed by atoms with E-state index in [1.165, 1.54) is 19.1 Å². The molecule has 248 valence electrons. The van der Waals surface area contributed by atoms with Crippen molar-refractivity contribution in [1.29, 1.82) is 0 Å². The average Bonchev–Trinajstić information content (AvgIpc) is 3.54. The van der Waals surface area contributed by atoms with E-state index < -0.39 is 50.2 Å². The molecule has 4 N–H and O–H groups in total. The van der Waals surface area contributed by atoms with Crippen LogP contribution in [0.3, 0.4) is 0 Å². The molecule has 46 heavy (non-hydrogen) atoms. The Balaban J connectivity index is 1.39. The second-order valence-corrected chi connectivity index (χ2v) is 12.6. The van der Waals surface area contributed by atoms with Crippen molar-refractivity contribution in [3.8, 4) is 24.0 Å². The van der Waals surface area contributed by atoms with E-state index in [1.807, 2.05) is 0 Å². The lowest BCUT2D eigenvalue weighted by Crippen LogP contribution is -2.48. The molecule has 0 amide bonds. The number of carbonyl (C=O) groups is 1. The van der Waals surface area contributed by atoms with E-state index in [1.54, 1.807) is 31.0 Å². The van der Waals surface area contributed by atoms with Gasteiger partial charge < -0.3 is 29.6 Å². The number of nitrogens with one attached hydrogen (secondary N) is 1. The van der Waals surface area contributed by atoms with Gasteiger partial charge in [-0.15, -0.1) is 6.42 Å². The summed E-state index contributed by atoms with van der Waals surface area (Å²) >= 11 is 0. The maximum Gasteiger partial charge on any atom is 0.459 e. The van der Waals surface area contributed by atoms with Crippen molar-refractivity contribution in [2.75, 3.05) is 18.9 Å². The molecule has 3 heterocycles. The quantitative estimate of drug-likeness (QED) is 0.145. The summed E-state index contributed by atoms with van der Waals surface area (Å²) in [7, 11) is -4.65. The number of para-hydroxylation sites is 1. The molecular formula is C29H35F2N6O8P. The van der Waals surface area contributed by atoms with Gasteiger partial charge in [-0.1, -0.05) is 30.5 Å². The highest BCUT2D eigenvalue weighted by molar-refractivity contribution is 7.52. The third kappa shape index (κ3) is 6.79. The van der Waals surface area contributed by atoms with Crippen LogP contribution < -0.4 is 20.1 Å². The summed E-state index contributed by atoms with van der Waals surface area (Å²) in [5, 5.41) is 13.4. The van der Waals surface area contributed by atoms with E-state index in [-0.39, 0.29) is 41.5 Å². The van der Waals surface area contributed by atoms with E-state index in [2.05, 4.69) is 20.0 Å². The van der Waals surface area contributed by atoms with Crippen LogP contribution in [0.1, 0.15) is 52.2 Å². The zero-order valence-corrected chi connectivity index (χ0v) is 26.1. The molecular weight excluding hydrogens is 629 g/mol. The fraction of sp³-hybridized carbons (Fsp3) is 0.517. The SMILES string of the molecule is C#C[C@]1(F)[C@H](n2cnc3c(OCC)nc(N)nc32)O[C@](F)(CO[P@@](=O)(NC(C)C(=O)OC2CCCCC2)Oc2ccccc2)[C@H]1O. The summed E-state index contributed by atoms with van der Waals surface area (Å²) in [5.41, 5.74) is 2.49. The Hall–Kier alpha value is -3.87. The third-order valence-corrected chi connectivity index (χ3v) is 9.20. The highest BCUT2D eigenvalue weighted by Crippen LogP contribution is 2.52. The molecule has 1 saturated carbocycles. The minimum atomic E-state index is -4.65. The van der Waals surface area contributed by atoms with Gasteiger partial charge in [0.25, 0.3) is 5.85 Å². The van der Waals surface area contributed by atoms with Gasteiger partial charge in [-0.25, -0.2) is 18.3 Å². The van der Waals surface area contributed by atoms with Gasteiger partial charge in [0, 0.05) is 0 Å². The number of hydrogen-bond acceptors (Lipinski definition) is 12. The molecule has 2 fully saturated rings. The van der Waals surface area contributed by atoms with Crippen LogP contribution in [0.25, 0.3) is 11.2 Å². The number of imidazole rings is 1. The zero-order valence-electron chi connectivity index (χ0n) is 25.2. The Labute approximate surface area is 263 Å². The number of nitrogens with two attached hydrogens (primary N) is 1. The fourth-order valence-corrected chi connectivity index (χ4v) is 6.75. The van der Waals surface area contributed by atoms with Crippen molar-refractivity contribution in [1.82, 2.24) is 24.6 Å². The molecule has 1 unspecified atom stereocenters. The summed E-state index contributed by atoms with van der Waals surface area (Å²) in [6, 6.07) is 6.50. The van der Waals surface area contributed by atoms with Crippen LogP contribution in [-0.2, 0) is 23.4 Å².